The molecule has 0 spiro atoms. The molecular weight excluding hydrogens is 502 g/mol. The summed E-state index contributed by atoms with van der Waals surface area (Å²) in [4.78, 5) is 12.7. The quantitative estimate of drug-likeness (QED) is 0.273. The molecule has 2 aliphatic rings. The molecule has 0 aromatic carbocycles. The van der Waals surface area contributed by atoms with E-state index < -0.39 is 11.7 Å². The summed E-state index contributed by atoms with van der Waals surface area (Å²) in [5.74, 6) is 0.970. The molecule has 1 N–H and O–H groups in total. The summed E-state index contributed by atoms with van der Waals surface area (Å²) in [6.45, 7) is 6.13. The number of hydrogen-bond acceptors (Lipinski definition) is 5. The van der Waals surface area contributed by atoms with Crippen molar-refractivity contribution < 1.29 is 22.6 Å². The van der Waals surface area contributed by atoms with Gasteiger partial charge in [0.05, 0.1) is 25.3 Å². The maximum atomic E-state index is 12.5. The molecule has 29 heavy (non-hydrogen) atoms. The first-order valence-electron chi connectivity index (χ1n) is 9.41. The van der Waals surface area contributed by atoms with Gasteiger partial charge in [-0.25, -0.2) is 4.98 Å². The molecule has 3 heterocycles. The van der Waals surface area contributed by atoms with Crippen LogP contribution in [0.2, 0.25) is 0 Å². The number of pyridine rings is 1. The normalized spacial score (nSPS) is 21.0. The van der Waals surface area contributed by atoms with Crippen molar-refractivity contribution in [3.8, 4) is 5.88 Å². The van der Waals surface area contributed by atoms with Gasteiger partial charge in [0.2, 0.25) is 5.88 Å². The molecule has 2 saturated heterocycles. The predicted molar refractivity (Wildman–Crippen MR) is 114 cm³/mol. The number of nitrogens with one attached hydrogen (secondary N) is 1. The second kappa shape index (κ2) is 11.2. The Kier molecular flexibility index (Phi) is 9.21. The first-order valence-corrected chi connectivity index (χ1v) is 9.41. The Labute approximate surface area is 185 Å². The van der Waals surface area contributed by atoms with Crippen LogP contribution < -0.4 is 10.1 Å². The zero-order chi connectivity index (χ0) is 20.0. The number of guanidine groups is 1. The summed E-state index contributed by atoms with van der Waals surface area (Å²) in [5, 5.41) is 3.24. The van der Waals surface area contributed by atoms with Crippen molar-refractivity contribution >= 4 is 29.9 Å². The van der Waals surface area contributed by atoms with Crippen LogP contribution >= 0.6 is 24.0 Å². The van der Waals surface area contributed by atoms with Gasteiger partial charge in [0.15, 0.2) is 5.96 Å². The standard InChI is InChI=1S/C18H26F3N5O2.HI/c1-22-17(26-6-4-15(13-26)25-7-10-27-11-8-25)23-5-9-28-16-3-2-14(12-24-16)18(19,20)21;/h2-3,12,15H,4-11,13H2,1H3,(H,22,23);1H. The van der Waals surface area contributed by atoms with E-state index in [4.69, 9.17) is 9.47 Å². The molecule has 0 bridgehead atoms. The zero-order valence-electron chi connectivity index (χ0n) is 16.3. The van der Waals surface area contributed by atoms with Crippen LogP contribution in [-0.4, -0.2) is 86.4 Å². The van der Waals surface area contributed by atoms with Gasteiger partial charge in [0, 0.05) is 51.5 Å². The van der Waals surface area contributed by atoms with Crippen molar-refractivity contribution in [2.24, 2.45) is 4.99 Å². The number of morpholine rings is 1. The number of hydrogen-bond donors (Lipinski definition) is 1. The van der Waals surface area contributed by atoms with Crippen molar-refractivity contribution in [1.29, 1.82) is 0 Å². The fourth-order valence-electron chi connectivity index (χ4n) is 3.46. The van der Waals surface area contributed by atoms with Gasteiger partial charge >= 0.3 is 6.18 Å². The number of nitrogens with zero attached hydrogens (tertiary/aromatic N) is 4. The van der Waals surface area contributed by atoms with E-state index in [1.165, 1.54) is 6.07 Å². The van der Waals surface area contributed by atoms with Crippen LogP contribution in [0.5, 0.6) is 5.88 Å². The van der Waals surface area contributed by atoms with E-state index in [1.807, 2.05) is 0 Å². The fraction of sp³-hybridized carbons (Fsp3) is 0.667. The molecule has 1 aromatic heterocycles. The average molecular weight is 529 g/mol. The topological polar surface area (TPSA) is 62.2 Å². The van der Waals surface area contributed by atoms with E-state index in [9.17, 15) is 13.2 Å². The van der Waals surface area contributed by atoms with Gasteiger partial charge in [0.25, 0.3) is 0 Å². The molecule has 0 saturated carbocycles. The van der Waals surface area contributed by atoms with Crippen LogP contribution in [-0.2, 0) is 10.9 Å². The number of aliphatic imine (C=N–C) groups is 1. The minimum absolute atomic E-state index is 0. The van der Waals surface area contributed by atoms with Crippen LogP contribution in [0.1, 0.15) is 12.0 Å². The molecule has 0 aliphatic carbocycles. The number of aromatic nitrogens is 1. The Morgan fingerprint density at radius 2 is 2.07 bits per heavy atom. The van der Waals surface area contributed by atoms with Crippen LogP contribution in [0, 0.1) is 0 Å². The predicted octanol–water partition coefficient (Wildman–Crippen LogP) is 2.08. The van der Waals surface area contributed by atoms with Crippen LogP contribution in [0.4, 0.5) is 13.2 Å². The average Bonchev–Trinajstić information content (AvgIpc) is 3.18. The van der Waals surface area contributed by atoms with Gasteiger partial charge < -0.3 is 19.7 Å². The Balaban J connectivity index is 0.00000300. The summed E-state index contributed by atoms with van der Waals surface area (Å²) in [6.07, 6.45) is -2.53. The minimum atomic E-state index is -4.39. The molecule has 1 atom stereocenters. The van der Waals surface area contributed by atoms with Gasteiger partial charge in [-0.15, -0.1) is 24.0 Å². The van der Waals surface area contributed by atoms with Gasteiger partial charge in [-0.2, -0.15) is 13.2 Å². The Bertz CT molecular complexity index is 654. The Morgan fingerprint density at radius 1 is 1.31 bits per heavy atom. The van der Waals surface area contributed by atoms with Crippen LogP contribution in [0.3, 0.4) is 0 Å². The Hall–Kier alpha value is -1.34. The summed E-state index contributed by atoms with van der Waals surface area (Å²) >= 11 is 0. The van der Waals surface area contributed by atoms with E-state index in [-0.39, 0.29) is 36.5 Å². The minimum Gasteiger partial charge on any atom is -0.476 e. The van der Waals surface area contributed by atoms with E-state index >= 15 is 0 Å². The molecule has 0 radical (unpaired) electrons. The first-order chi connectivity index (χ1) is 13.5. The third-order valence-electron chi connectivity index (χ3n) is 4.94. The van der Waals surface area contributed by atoms with Crippen molar-refractivity contribution in [1.82, 2.24) is 20.1 Å². The van der Waals surface area contributed by atoms with E-state index in [2.05, 4.69) is 25.1 Å². The van der Waals surface area contributed by atoms with Crippen LogP contribution in [0.15, 0.2) is 23.3 Å². The molecular formula is C18H27F3IN5O2. The van der Waals surface area contributed by atoms with Crippen molar-refractivity contribution in [2.45, 2.75) is 18.6 Å². The van der Waals surface area contributed by atoms with Crippen LogP contribution in [0.25, 0.3) is 0 Å². The summed E-state index contributed by atoms with van der Waals surface area (Å²) < 4.78 is 48.4. The summed E-state index contributed by atoms with van der Waals surface area (Å²) in [6, 6.07) is 2.70. The third kappa shape index (κ3) is 6.85. The van der Waals surface area contributed by atoms with Gasteiger partial charge in [-0.3, -0.25) is 9.89 Å². The van der Waals surface area contributed by atoms with Gasteiger partial charge in [-0.1, -0.05) is 0 Å². The number of rotatable bonds is 5. The van der Waals surface area contributed by atoms with Gasteiger partial charge in [-0.05, 0) is 12.5 Å². The van der Waals surface area contributed by atoms with Crippen molar-refractivity contribution in [3.05, 3.63) is 23.9 Å². The number of alkyl halides is 3. The molecule has 11 heteroatoms. The molecule has 3 rings (SSSR count). The third-order valence-corrected chi connectivity index (χ3v) is 4.94. The molecule has 2 aliphatic heterocycles. The smallest absolute Gasteiger partial charge is 0.417 e. The number of ether oxygens (including phenoxy) is 2. The number of likely N-dealkylation sites (tertiary alicyclic amines) is 1. The largest absolute Gasteiger partial charge is 0.476 e. The van der Waals surface area contributed by atoms with E-state index in [0.717, 1.165) is 64.0 Å². The SMILES string of the molecule is CN=C(NCCOc1ccc(C(F)(F)F)cn1)N1CCC(N2CCOCC2)C1.I. The highest BCUT2D eigenvalue weighted by Crippen LogP contribution is 2.29. The molecule has 1 aromatic rings. The lowest BCUT2D eigenvalue weighted by Gasteiger charge is -2.32. The maximum Gasteiger partial charge on any atom is 0.417 e. The summed E-state index contributed by atoms with van der Waals surface area (Å²) in [7, 11) is 1.74. The lowest BCUT2D eigenvalue weighted by atomic mass is 10.2. The summed E-state index contributed by atoms with van der Waals surface area (Å²) in [5.41, 5.74) is -0.790. The van der Waals surface area contributed by atoms with Gasteiger partial charge in [0.1, 0.15) is 6.61 Å². The molecule has 7 nitrogen and oxygen atoms in total. The van der Waals surface area contributed by atoms with Crippen molar-refractivity contribution in [2.75, 3.05) is 59.6 Å². The van der Waals surface area contributed by atoms with E-state index in [0.29, 0.717) is 12.6 Å². The lowest BCUT2D eigenvalue weighted by Crippen LogP contribution is -2.47. The Morgan fingerprint density at radius 3 is 2.69 bits per heavy atom. The highest BCUT2D eigenvalue weighted by atomic mass is 127. The first kappa shape index (κ1) is 23.9. The highest BCUT2D eigenvalue weighted by Gasteiger charge is 2.31. The second-order valence-corrected chi connectivity index (χ2v) is 6.74. The molecule has 164 valence electrons. The lowest BCUT2D eigenvalue weighted by molar-refractivity contribution is -0.137. The van der Waals surface area contributed by atoms with Crippen molar-refractivity contribution in [3.63, 3.8) is 0 Å². The monoisotopic (exact) mass is 529 g/mol. The fourth-order valence-corrected chi connectivity index (χ4v) is 3.46. The molecule has 0 amide bonds. The zero-order valence-corrected chi connectivity index (χ0v) is 18.7. The molecule has 1 unspecified atom stereocenters. The van der Waals surface area contributed by atoms with E-state index in [1.54, 1.807) is 7.05 Å². The number of halogens is 4. The maximum absolute atomic E-state index is 12.5. The molecule has 2 fully saturated rings. The highest BCUT2D eigenvalue weighted by molar-refractivity contribution is 14.0. The second-order valence-electron chi connectivity index (χ2n) is 6.74.